The van der Waals surface area contributed by atoms with Crippen LogP contribution in [0.25, 0.3) is 11.3 Å². The molecule has 2 aromatic heterocycles. The van der Waals surface area contributed by atoms with E-state index < -0.39 is 5.97 Å². The summed E-state index contributed by atoms with van der Waals surface area (Å²) in [4.78, 5) is 12.6. The van der Waals surface area contributed by atoms with Gasteiger partial charge in [0.2, 0.25) is 11.6 Å². The van der Waals surface area contributed by atoms with Gasteiger partial charge in [-0.1, -0.05) is 41.6 Å². The monoisotopic (exact) mass is 501 g/mol. The fraction of sp³-hybridized carbons (Fsp3) is 0.357. The zero-order valence-corrected chi connectivity index (χ0v) is 21.1. The number of carbonyl (C=O) groups excluding carboxylic acids is 1. The molecule has 0 aliphatic heterocycles. The van der Waals surface area contributed by atoms with Gasteiger partial charge in [-0.3, -0.25) is 5.10 Å². The van der Waals surface area contributed by atoms with E-state index in [1.165, 1.54) is 5.56 Å². The van der Waals surface area contributed by atoms with Gasteiger partial charge in [-0.05, 0) is 67.9 Å². The van der Waals surface area contributed by atoms with E-state index in [9.17, 15) is 4.79 Å². The highest BCUT2D eigenvalue weighted by molar-refractivity contribution is 5.89. The number of aromatic amines is 1. The lowest BCUT2D eigenvalue weighted by molar-refractivity contribution is 0.0507. The van der Waals surface area contributed by atoms with Crippen LogP contribution in [0.2, 0.25) is 0 Å². The van der Waals surface area contributed by atoms with Crippen molar-refractivity contribution >= 4 is 5.97 Å². The topological polar surface area (TPSA) is 104 Å². The van der Waals surface area contributed by atoms with Crippen molar-refractivity contribution in [1.29, 1.82) is 0 Å². The maximum Gasteiger partial charge on any atom is 0.364 e. The first-order chi connectivity index (χ1) is 18.1. The largest absolute Gasteiger partial charge is 0.497 e. The van der Waals surface area contributed by atoms with Crippen LogP contribution in [-0.4, -0.2) is 51.0 Å². The minimum absolute atomic E-state index is 0.0270. The highest BCUT2D eigenvalue weighted by Gasteiger charge is 2.29. The van der Waals surface area contributed by atoms with Crippen LogP contribution in [0.15, 0.2) is 60.8 Å². The average Bonchev–Trinajstić information content (AvgIpc) is 3.61. The number of benzene rings is 2. The Morgan fingerprint density at radius 3 is 2.43 bits per heavy atom. The Morgan fingerprint density at radius 2 is 1.78 bits per heavy atom. The zero-order valence-electron chi connectivity index (χ0n) is 21.1. The molecule has 1 fully saturated rings. The third-order valence-corrected chi connectivity index (χ3v) is 6.78. The molecule has 9 heteroatoms. The number of nitrogens with zero attached hydrogens (tertiary/aromatic N) is 4. The summed E-state index contributed by atoms with van der Waals surface area (Å²) in [5.41, 5.74) is 4.49. The summed E-state index contributed by atoms with van der Waals surface area (Å²) in [6.07, 6.45) is 5.56. The van der Waals surface area contributed by atoms with Crippen LogP contribution in [-0.2, 0) is 11.3 Å². The predicted molar refractivity (Wildman–Crippen MR) is 138 cm³/mol. The summed E-state index contributed by atoms with van der Waals surface area (Å²) >= 11 is 0. The first kappa shape index (κ1) is 24.5. The van der Waals surface area contributed by atoms with Gasteiger partial charge in [-0.2, -0.15) is 5.10 Å². The fourth-order valence-corrected chi connectivity index (χ4v) is 4.77. The van der Waals surface area contributed by atoms with Gasteiger partial charge in [0.05, 0.1) is 26.0 Å². The summed E-state index contributed by atoms with van der Waals surface area (Å²) in [6, 6.07) is 18.3. The van der Waals surface area contributed by atoms with Crippen LogP contribution in [0, 0.1) is 0 Å². The molecular weight excluding hydrogens is 470 g/mol. The number of nitrogens with one attached hydrogen (secondary N) is 1. The lowest BCUT2D eigenvalue weighted by Gasteiger charge is -2.29. The number of aromatic nitrogens is 5. The fourth-order valence-electron chi connectivity index (χ4n) is 4.77. The Hall–Kier alpha value is -4.14. The molecule has 1 N–H and O–H groups in total. The van der Waals surface area contributed by atoms with E-state index in [1.54, 1.807) is 18.7 Å². The molecule has 0 spiro atoms. The number of esters is 1. The molecule has 0 radical (unpaired) electrons. The smallest absolute Gasteiger partial charge is 0.364 e. The predicted octanol–water partition coefficient (Wildman–Crippen LogP) is 5.01. The molecule has 9 nitrogen and oxygen atoms in total. The van der Waals surface area contributed by atoms with Crippen LogP contribution >= 0.6 is 0 Å². The van der Waals surface area contributed by atoms with Gasteiger partial charge in [-0.25, -0.2) is 9.48 Å². The Labute approximate surface area is 215 Å². The summed E-state index contributed by atoms with van der Waals surface area (Å²) in [6.45, 7) is 2.44. The Morgan fingerprint density at radius 1 is 1.03 bits per heavy atom. The second-order valence-corrected chi connectivity index (χ2v) is 9.14. The highest BCUT2D eigenvalue weighted by Crippen LogP contribution is 2.36. The van der Waals surface area contributed by atoms with Gasteiger partial charge in [-0.15, -0.1) is 5.10 Å². The Bertz CT molecular complexity index is 1290. The number of methoxy groups -OCH3 is 1. The number of H-pyrrole nitrogens is 1. The first-order valence-electron chi connectivity index (χ1n) is 12.6. The van der Waals surface area contributed by atoms with Gasteiger partial charge in [0.1, 0.15) is 11.9 Å². The molecule has 4 aromatic rings. The molecular formula is C28H31N5O4. The van der Waals surface area contributed by atoms with E-state index in [0.29, 0.717) is 18.3 Å². The molecule has 0 saturated heterocycles. The zero-order chi connectivity index (χ0) is 25.6. The summed E-state index contributed by atoms with van der Waals surface area (Å²) in [7, 11) is 1.63. The van der Waals surface area contributed by atoms with Crippen molar-refractivity contribution in [1.82, 2.24) is 25.2 Å². The SMILES string of the molecule is CCOC(=O)c1nnn(Cc2ccc(OC)cc2)c1O[C@H]1CC[C@H](c2ccc(-c3cc[nH]n3)cc2)CC1. The van der Waals surface area contributed by atoms with E-state index in [1.807, 2.05) is 36.5 Å². The minimum Gasteiger partial charge on any atom is -0.497 e. The summed E-state index contributed by atoms with van der Waals surface area (Å²) < 4.78 is 18.5. The quantitative estimate of drug-likeness (QED) is 0.322. The molecule has 1 aliphatic rings. The lowest BCUT2D eigenvalue weighted by atomic mass is 9.82. The molecule has 0 bridgehead atoms. The minimum atomic E-state index is -0.524. The molecule has 37 heavy (non-hydrogen) atoms. The molecule has 5 rings (SSSR count). The Kier molecular flexibility index (Phi) is 7.49. The normalized spacial score (nSPS) is 17.4. The van der Waals surface area contributed by atoms with Gasteiger partial charge in [0.15, 0.2) is 0 Å². The van der Waals surface area contributed by atoms with E-state index in [4.69, 9.17) is 14.2 Å². The van der Waals surface area contributed by atoms with Gasteiger partial charge in [0.25, 0.3) is 0 Å². The van der Waals surface area contributed by atoms with Crippen LogP contribution in [0.1, 0.15) is 60.1 Å². The van der Waals surface area contributed by atoms with E-state index in [2.05, 4.69) is 44.8 Å². The molecule has 0 atom stereocenters. The number of ether oxygens (including phenoxy) is 3. The van der Waals surface area contributed by atoms with E-state index >= 15 is 0 Å². The molecule has 192 valence electrons. The van der Waals surface area contributed by atoms with Crippen LogP contribution in [0.3, 0.4) is 0 Å². The maximum absolute atomic E-state index is 12.6. The van der Waals surface area contributed by atoms with Gasteiger partial charge in [0, 0.05) is 11.8 Å². The number of rotatable bonds is 9. The molecule has 2 aromatic carbocycles. The maximum atomic E-state index is 12.6. The molecule has 1 saturated carbocycles. The standard InChI is InChI=1S/C28H31N5O4/c1-3-36-28(34)26-27(33(32-31-26)18-19-4-12-23(35-2)13-5-19)37-24-14-10-21(11-15-24)20-6-8-22(9-7-20)25-16-17-29-30-25/h4-9,12-13,16-17,21,24H,3,10-11,14-15,18H2,1-2H3,(H,29,30)/t21-,24-. The second kappa shape index (κ2) is 11.3. The van der Waals surface area contributed by atoms with Crippen molar-refractivity contribution in [2.45, 2.75) is 51.2 Å². The lowest BCUT2D eigenvalue weighted by Crippen LogP contribution is -2.25. The van der Waals surface area contributed by atoms with Gasteiger partial charge >= 0.3 is 5.97 Å². The van der Waals surface area contributed by atoms with Crippen molar-refractivity contribution in [3.63, 3.8) is 0 Å². The first-order valence-corrected chi connectivity index (χ1v) is 12.6. The van der Waals surface area contributed by atoms with Crippen molar-refractivity contribution in [3.8, 4) is 22.9 Å². The third kappa shape index (κ3) is 5.66. The molecule has 0 amide bonds. The molecule has 2 heterocycles. The highest BCUT2D eigenvalue weighted by atomic mass is 16.5. The summed E-state index contributed by atoms with van der Waals surface area (Å²) in [5, 5.41) is 15.4. The van der Waals surface area contributed by atoms with Crippen LogP contribution < -0.4 is 9.47 Å². The molecule has 1 aliphatic carbocycles. The van der Waals surface area contributed by atoms with Gasteiger partial charge < -0.3 is 14.2 Å². The number of hydrogen-bond acceptors (Lipinski definition) is 7. The number of hydrogen-bond donors (Lipinski definition) is 1. The average molecular weight is 502 g/mol. The van der Waals surface area contributed by atoms with Crippen LogP contribution in [0.4, 0.5) is 0 Å². The van der Waals surface area contributed by atoms with Crippen molar-refractivity contribution in [2.24, 2.45) is 0 Å². The summed E-state index contributed by atoms with van der Waals surface area (Å²) in [5.74, 6) is 1.09. The third-order valence-electron chi connectivity index (χ3n) is 6.78. The van der Waals surface area contributed by atoms with E-state index in [-0.39, 0.29) is 18.4 Å². The van der Waals surface area contributed by atoms with Crippen molar-refractivity contribution < 1.29 is 19.0 Å². The van der Waals surface area contributed by atoms with Crippen molar-refractivity contribution in [2.75, 3.05) is 13.7 Å². The Balaban J connectivity index is 1.26. The van der Waals surface area contributed by atoms with E-state index in [0.717, 1.165) is 48.3 Å². The van der Waals surface area contributed by atoms with Crippen LogP contribution in [0.5, 0.6) is 11.6 Å². The number of carbonyl (C=O) groups is 1. The van der Waals surface area contributed by atoms with Crippen molar-refractivity contribution in [3.05, 3.63) is 77.6 Å². The molecule has 0 unspecified atom stereocenters. The second-order valence-electron chi connectivity index (χ2n) is 9.14.